The summed E-state index contributed by atoms with van der Waals surface area (Å²) in [5.41, 5.74) is 1.04. The van der Waals surface area contributed by atoms with E-state index in [2.05, 4.69) is 20.7 Å². The summed E-state index contributed by atoms with van der Waals surface area (Å²) in [6.45, 7) is 2.30. The Bertz CT molecular complexity index is 411. The number of rotatable bonds is 4. The fraction of sp³-hybridized carbons (Fsp3) is 0.455. The van der Waals surface area contributed by atoms with Crippen LogP contribution in [-0.4, -0.2) is 37.5 Å². The van der Waals surface area contributed by atoms with Gasteiger partial charge in [0.05, 0.1) is 22.2 Å². The molecule has 0 aromatic carbocycles. The van der Waals surface area contributed by atoms with E-state index in [0.717, 1.165) is 9.35 Å². The molecule has 0 unspecified atom stereocenters. The zero-order valence-electron chi connectivity index (χ0n) is 9.95. The molecule has 4 nitrogen and oxygen atoms in total. The molecule has 94 valence electrons. The molecule has 0 aliphatic carbocycles. The molecule has 0 aliphatic rings. The van der Waals surface area contributed by atoms with Crippen LogP contribution in [0.3, 0.4) is 0 Å². The van der Waals surface area contributed by atoms with Crippen molar-refractivity contribution < 1.29 is 14.3 Å². The number of thiophene rings is 1. The quantitative estimate of drug-likeness (QED) is 0.801. The number of halogens is 1. The molecule has 1 aromatic heterocycles. The molecule has 0 radical (unpaired) electrons. The van der Waals surface area contributed by atoms with Crippen LogP contribution >= 0.6 is 27.3 Å². The van der Waals surface area contributed by atoms with Gasteiger partial charge in [0, 0.05) is 13.6 Å². The van der Waals surface area contributed by atoms with E-state index in [1.807, 2.05) is 13.0 Å². The summed E-state index contributed by atoms with van der Waals surface area (Å²) >= 11 is 4.78. The van der Waals surface area contributed by atoms with Crippen LogP contribution in [0.1, 0.15) is 21.7 Å². The number of nitrogens with zero attached hydrogens (tertiary/aromatic N) is 1. The van der Waals surface area contributed by atoms with E-state index in [4.69, 9.17) is 0 Å². The average Bonchev–Trinajstić information content (AvgIpc) is 2.65. The fourth-order valence-corrected chi connectivity index (χ4v) is 2.75. The van der Waals surface area contributed by atoms with Gasteiger partial charge in [-0.3, -0.25) is 9.59 Å². The van der Waals surface area contributed by atoms with Gasteiger partial charge in [0.25, 0.3) is 5.91 Å². The molecule has 17 heavy (non-hydrogen) atoms. The van der Waals surface area contributed by atoms with Gasteiger partial charge < -0.3 is 9.64 Å². The highest BCUT2D eigenvalue weighted by Crippen LogP contribution is 2.27. The van der Waals surface area contributed by atoms with Crippen LogP contribution in [-0.2, 0) is 9.53 Å². The predicted octanol–water partition coefficient (Wildman–Crippen LogP) is 2.45. The first kappa shape index (κ1) is 14.2. The molecule has 1 aromatic rings. The highest BCUT2D eigenvalue weighted by molar-refractivity contribution is 9.11. The van der Waals surface area contributed by atoms with Crippen molar-refractivity contribution in [1.82, 2.24) is 4.90 Å². The number of carbonyl (C=O) groups is 2. The minimum atomic E-state index is -0.312. The van der Waals surface area contributed by atoms with Crippen molar-refractivity contribution in [3.63, 3.8) is 0 Å². The third-order valence-corrected chi connectivity index (χ3v) is 4.42. The molecule has 1 amide bonds. The number of hydrogen-bond acceptors (Lipinski definition) is 4. The van der Waals surface area contributed by atoms with Crippen molar-refractivity contribution in [2.24, 2.45) is 0 Å². The van der Waals surface area contributed by atoms with Crippen molar-refractivity contribution in [3.8, 4) is 0 Å². The number of methoxy groups -OCH3 is 1. The van der Waals surface area contributed by atoms with Crippen molar-refractivity contribution in [1.29, 1.82) is 0 Å². The van der Waals surface area contributed by atoms with E-state index in [-0.39, 0.29) is 18.3 Å². The van der Waals surface area contributed by atoms with E-state index < -0.39 is 0 Å². The zero-order valence-corrected chi connectivity index (χ0v) is 12.4. The lowest BCUT2D eigenvalue weighted by atomic mass is 10.3. The van der Waals surface area contributed by atoms with Gasteiger partial charge >= 0.3 is 5.97 Å². The van der Waals surface area contributed by atoms with Crippen LogP contribution in [0.2, 0.25) is 0 Å². The monoisotopic (exact) mass is 319 g/mol. The Balaban J connectivity index is 2.60. The van der Waals surface area contributed by atoms with E-state index >= 15 is 0 Å². The Morgan fingerprint density at radius 3 is 2.65 bits per heavy atom. The van der Waals surface area contributed by atoms with Crippen LogP contribution in [0, 0.1) is 6.92 Å². The predicted molar refractivity (Wildman–Crippen MR) is 70.3 cm³/mol. The molecular formula is C11H14BrNO3S. The fourth-order valence-electron chi connectivity index (χ4n) is 1.22. The third-order valence-electron chi connectivity index (χ3n) is 2.29. The van der Waals surface area contributed by atoms with Gasteiger partial charge in [0.1, 0.15) is 0 Å². The van der Waals surface area contributed by atoms with Crippen molar-refractivity contribution >= 4 is 39.1 Å². The van der Waals surface area contributed by atoms with Crippen molar-refractivity contribution in [3.05, 3.63) is 20.3 Å². The van der Waals surface area contributed by atoms with Gasteiger partial charge in [-0.25, -0.2) is 0 Å². The minimum absolute atomic E-state index is 0.0762. The van der Waals surface area contributed by atoms with Crippen LogP contribution in [0.5, 0.6) is 0 Å². The Labute approximate surface area is 113 Å². The van der Waals surface area contributed by atoms with Gasteiger partial charge in [-0.2, -0.15) is 0 Å². The number of hydrogen-bond donors (Lipinski definition) is 0. The van der Waals surface area contributed by atoms with Gasteiger partial charge in [0.2, 0.25) is 0 Å². The first-order valence-electron chi connectivity index (χ1n) is 5.04. The molecule has 0 fully saturated rings. The van der Waals surface area contributed by atoms with Crippen LogP contribution in [0.15, 0.2) is 9.85 Å². The maximum atomic E-state index is 12.0. The lowest BCUT2D eigenvalue weighted by Crippen LogP contribution is -2.28. The normalized spacial score (nSPS) is 10.1. The molecule has 0 atom stereocenters. The molecule has 0 aliphatic heterocycles. The smallest absolute Gasteiger partial charge is 0.307 e. The lowest BCUT2D eigenvalue weighted by Gasteiger charge is -2.15. The van der Waals surface area contributed by atoms with E-state index in [1.54, 1.807) is 7.05 Å². The molecule has 0 saturated carbocycles. The summed E-state index contributed by atoms with van der Waals surface area (Å²) in [4.78, 5) is 25.1. The zero-order chi connectivity index (χ0) is 13.0. The van der Waals surface area contributed by atoms with E-state index in [9.17, 15) is 9.59 Å². The van der Waals surface area contributed by atoms with Crippen LogP contribution in [0.25, 0.3) is 0 Å². The number of amides is 1. The standard InChI is InChI=1S/C11H14BrNO3S/c1-7-6-8(17-10(7)12)11(15)13(2)5-4-9(14)16-3/h6H,4-5H2,1-3H3. The summed E-state index contributed by atoms with van der Waals surface area (Å²) in [5.74, 6) is -0.388. The first-order valence-corrected chi connectivity index (χ1v) is 6.65. The summed E-state index contributed by atoms with van der Waals surface area (Å²) in [6.07, 6.45) is 0.213. The second-order valence-electron chi connectivity index (χ2n) is 3.62. The summed E-state index contributed by atoms with van der Waals surface area (Å²) < 4.78 is 5.49. The van der Waals surface area contributed by atoms with E-state index in [0.29, 0.717) is 11.4 Å². The van der Waals surface area contributed by atoms with Gasteiger partial charge in [0.15, 0.2) is 0 Å². The molecule has 0 spiro atoms. The Kier molecular flexibility index (Phi) is 5.14. The molecule has 1 rings (SSSR count). The topological polar surface area (TPSA) is 46.6 Å². The number of ether oxygens (including phenoxy) is 1. The number of carbonyl (C=O) groups excluding carboxylic acids is 2. The van der Waals surface area contributed by atoms with Crippen LogP contribution < -0.4 is 0 Å². The first-order chi connectivity index (χ1) is 7.95. The highest BCUT2D eigenvalue weighted by atomic mass is 79.9. The molecule has 6 heteroatoms. The maximum absolute atomic E-state index is 12.0. The SMILES string of the molecule is COC(=O)CCN(C)C(=O)c1cc(C)c(Br)s1. The van der Waals surface area contributed by atoms with Crippen molar-refractivity contribution in [2.45, 2.75) is 13.3 Å². The average molecular weight is 320 g/mol. The van der Waals surface area contributed by atoms with Gasteiger partial charge in [-0.05, 0) is 34.5 Å². The largest absolute Gasteiger partial charge is 0.469 e. The van der Waals surface area contributed by atoms with Crippen LogP contribution in [0.4, 0.5) is 0 Å². The van der Waals surface area contributed by atoms with Crippen molar-refractivity contribution in [2.75, 3.05) is 20.7 Å². The molecule has 0 N–H and O–H groups in total. The summed E-state index contributed by atoms with van der Waals surface area (Å²) in [6, 6.07) is 1.84. The number of esters is 1. The molecule has 1 heterocycles. The minimum Gasteiger partial charge on any atom is -0.469 e. The summed E-state index contributed by atoms with van der Waals surface area (Å²) in [7, 11) is 3.01. The summed E-state index contributed by atoms with van der Waals surface area (Å²) in [5, 5.41) is 0. The van der Waals surface area contributed by atoms with Gasteiger partial charge in [-0.1, -0.05) is 0 Å². The Morgan fingerprint density at radius 1 is 1.53 bits per heavy atom. The third kappa shape index (κ3) is 3.81. The second kappa shape index (κ2) is 6.16. The second-order valence-corrected chi connectivity index (χ2v) is 5.99. The molecular weight excluding hydrogens is 306 g/mol. The van der Waals surface area contributed by atoms with Gasteiger partial charge in [-0.15, -0.1) is 11.3 Å². The Morgan fingerprint density at radius 2 is 2.18 bits per heavy atom. The lowest BCUT2D eigenvalue weighted by molar-refractivity contribution is -0.140. The molecule has 0 bridgehead atoms. The number of aryl methyl sites for hydroxylation is 1. The van der Waals surface area contributed by atoms with E-state index in [1.165, 1.54) is 23.3 Å². The Hall–Kier alpha value is -0.880. The molecule has 0 saturated heterocycles. The maximum Gasteiger partial charge on any atom is 0.307 e. The highest BCUT2D eigenvalue weighted by Gasteiger charge is 2.16.